The summed E-state index contributed by atoms with van der Waals surface area (Å²) in [4.78, 5) is 22.8. The van der Waals surface area contributed by atoms with E-state index in [1.165, 1.54) is 12.3 Å². The zero-order valence-corrected chi connectivity index (χ0v) is 15.8. The molecule has 2 heterocycles. The molecule has 138 valence electrons. The van der Waals surface area contributed by atoms with E-state index in [0.717, 1.165) is 16.9 Å². The van der Waals surface area contributed by atoms with Gasteiger partial charge in [-0.1, -0.05) is 40.6 Å². The summed E-state index contributed by atoms with van der Waals surface area (Å²) in [6.45, 7) is 0.380. The van der Waals surface area contributed by atoms with E-state index in [0.29, 0.717) is 21.5 Å². The van der Waals surface area contributed by atoms with E-state index < -0.39 is 10.8 Å². The van der Waals surface area contributed by atoms with Crippen molar-refractivity contribution in [1.29, 1.82) is 0 Å². The fourth-order valence-electron chi connectivity index (χ4n) is 2.12. The van der Waals surface area contributed by atoms with Gasteiger partial charge in [-0.2, -0.15) is 10.2 Å². The molecule has 0 saturated carbocycles. The maximum Gasteiger partial charge on any atom is 0.324 e. The predicted molar refractivity (Wildman–Crippen MR) is 104 cm³/mol. The highest BCUT2D eigenvalue weighted by Crippen LogP contribution is 2.22. The van der Waals surface area contributed by atoms with Gasteiger partial charge in [0.05, 0.1) is 22.6 Å². The van der Waals surface area contributed by atoms with Crippen molar-refractivity contribution in [2.24, 2.45) is 5.10 Å². The third-order valence-electron chi connectivity index (χ3n) is 3.37. The van der Waals surface area contributed by atoms with Gasteiger partial charge in [-0.3, -0.25) is 19.6 Å². The first-order valence-corrected chi connectivity index (χ1v) is 9.04. The second-order valence-corrected chi connectivity index (χ2v) is 7.20. The standard InChI is InChI=1S/C16H11Cl2N5O3S/c17-11-2-1-10(13(18)7-11)9-22-6-5-14(21-22)16(24)20-19-8-12-3-4-15(27-12)23(25)26/h1-8H,9H2,(H,20,24). The quantitative estimate of drug-likeness (QED) is 0.367. The Labute approximate surface area is 167 Å². The second kappa shape index (κ2) is 8.30. The van der Waals surface area contributed by atoms with Crippen LogP contribution in [-0.4, -0.2) is 26.8 Å². The molecule has 0 aliphatic rings. The van der Waals surface area contributed by atoms with Crippen molar-refractivity contribution < 1.29 is 9.72 Å². The van der Waals surface area contributed by atoms with E-state index in [1.807, 2.05) is 0 Å². The summed E-state index contributed by atoms with van der Waals surface area (Å²) in [6.07, 6.45) is 2.98. The van der Waals surface area contributed by atoms with Crippen molar-refractivity contribution in [3.63, 3.8) is 0 Å². The highest BCUT2D eigenvalue weighted by molar-refractivity contribution is 7.16. The van der Waals surface area contributed by atoms with Crippen LogP contribution in [0.4, 0.5) is 5.00 Å². The van der Waals surface area contributed by atoms with Crippen LogP contribution in [0.1, 0.15) is 20.9 Å². The molecular weight excluding hydrogens is 413 g/mol. The monoisotopic (exact) mass is 423 g/mol. The largest absolute Gasteiger partial charge is 0.324 e. The Balaban J connectivity index is 1.60. The van der Waals surface area contributed by atoms with E-state index in [1.54, 1.807) is 41.2 Å². The Morgan fingerprint density at radius 2 is 2.15 bits per heavy atom. The number of carbonyl (C=O) groups excluding carboxylic acids is 1. The molecule has 0 aliphatic carbocycles. The second-order valence-electron chi connectivity index (χ2n) is 5.27. The summed E-state index contributed by atoms with van der Waals surface area (Å²) >= 11 is 13.0. The highest BCUT2D eigenvalue weighted by atomic mass is 35.5. The van der Waals surface area contributed by atoms with Gasteiger partial charge in [-0.15, -0.1) is 0 Å². The molecular formula is C16H11Cl2N5O3S. The lowest BCUT2D eigenvalue weighted by molar-refractivity contribution is -0.380. The number of hydrogen-bond acceptors (Lipinski definition) is 6. The average molecular weight is 424 g/mol. The molecule has 1 amide bonds. The van der Waals surface area contributed by atoms with E-state index >= 15 is 0 Å². The first-order valence-electron chi connectivity index (χ1n) is 7.47. The lowest BCUT2D eigenvalue weighted by Gasteiger charge is -2.05. The Morgan fingerprint density at radius 3 is 2.85 bits per heavy atom. The van der Waals surface area contributed by atoms with Crippen LogP contribution in [0.5, 0.6) is 0 Å². The van der Waals surface area contributed by atoms with Crippen LogP contribution in [-0.2, 0) is 6.54 Å². The molecule has 1 N–H and O–H groups in total. The number of thiophene rings is 1. The van der Waals surface area contributed by atoms with Gasteiger partial charge in [0.25, 0.3) is 5.91 Å². The van der Waals surface area contributed by atoms with Gasteiger partial charge in [0, 0.05) is 22.3 Å². The van der Waals surface area contributed by atoms with Gasteiger partial charge in [0.2, 0.25) is 0 Å². The molecule has 2 aromatic heterocycles. The third-order valence-corrected chi connectivity index (χ3v) is 4.93. The molecule has 0 unspecified atom stereocenters. The van der Waals surface area contributed by atoms with Crippen molar-refractivity contribution in [1.82, 2.24) is 15.2 Å². The molecule has 3 rings (SSSR count). The number of rotatable bonds is 6. The smallest absolute Gasteiger partial charge is 0.267 e. The minimum Gasteiger partial charge on any atom is -0.267 e. The van der Waals surface area contributed by atoms with Gasteiger partial charge in [0.15, 0.2) is 5.69 Å². The molecule has 0 bridgehead atoms. The van der Waals surface area contributed by atoms with E-state index in [2.05, 4.69) is 15.6 Å². The number of nitrogens with one attached hydrogen (secondary N) is 1. The number of benzene rings is 1. The van der Waals surface area contributed by atoms with Crippen molar-refractivity contribution in [3.05, 3.63) is 78.9 Å². The zero-order valence-electron chi connectivity index (χ0n) is 13.5. The molecule has 0 saturated heterocycles. The average Bonchev–Trinajstić information content (AvgIpc) is 3.27. The normalized spacial score (nSPS) is 11.0. The number of amides is 1. The SMILES string of the molecule is O=C(NN=Cc1ccc([N+](=O)[O-])s1)c1ccn(Cc2ccc(Cl)cc2Cl)n1. The topological polar surface area (TPSA) is 102 Å². The molecule has 3 aromatic rings. The number of nitro groups is 1. The van der Waals surface area contributed by atoms with Crippen molar-refractivity contribution in [3.8, 4) is 0 Å². The van der Waals surface area contributed by atoms with Crippen LogP contribution < -0.4 is 5.43 Å². The summed E-state index contributed by atoms with van der Waals surface area (Å²) in [6, 6.07) is 9.62. The third kappa shape index (κ3) is 4.91. The lowest BCUT2D eigenvalue weighted by atomic mass is 10.2. The molecule has 0 atom stereocenters. The van der Waals surface area contributed by atoms with E-state index in [9.17, 15) is 14.9 Å². The Morgan fingerprint density at radius 1 is 1.33 bits per heavy atom. The molecule has 0 fully saturated rings. The van der Waals surface area contributed by atoms with Crippen LogP contribution in [0.25, 0.3) is 0 Å². The first kappa shape index (κ1) is 19.0. The Kier molecular flexibility index (Phi) is 5.84. The van der Waals surface area contributed by atoms with Crippen LogP contribution in [0.15, 0.2) is 47.7 Å². The number of hydrogen-bond donors (Lipinski definition) is 1. The van der Waals surface area contributed by atoms with E-state index in [-0.39, 0.29) is 10.7 Å². The number of carbonyl (C=O) groups is 1. The minimum absolute atomic E-state index is 0.00220. The van der Waals surface area contributed by atoms with E-state index in [4.69, 9.17) is 23.2 Å². The summed E-state index contributed by atoms with van der Waals surface area (Å²) in [7, 11) is 0. The maximum atomic E-state index is 12.1. The van der Waals surface area contributed by atoms with Crippen molar-refractivity contribution >= 4 is 51.7 Å². The molecule has 0 radical (unpaired) electrons. The predicted octanol–water partition coefficient (Wildman–Crippen LogP) is 3.97. The van der Waals surface area contributed by atoms with Gasteiger partial charge in [0.1, 0.15) is 0 Å². The fraction of sp³-hybridized carbons (Fsp3) is 0.0625. The number of aromatic nitrogens is 2. The van der Waals surface area contributed by atoms with Crippen LogP contribution in [0.2, 0.25) is 10.0 Å². The van der Waals surface area contributed by atoms with Gasteiger partial charge in [-0.25, -0.2) is 5.43 Å². The highest BCUT2D eigenvalue weighted by Gasteiger charge is 2.11. The minimum atomic E-state index is -0.502. The maximum absolute atomic E-state index is 12.1. The van der Waals surface area contributed by atoms with Crippen LogP contribution >= 0.6 is 34.5 Å². The zero-order chi connectivity index (χ0) is 19.4. The van der Waals surface area contributed by atoms with Crippen LogP contribution in [0, 0.1) is 10.1 Å². The fourth-order valence-corrected chi connectivity index (χ4v) is 3.28. The molecule has 0 aliphatic heterocycles. The molecule has 0 spiro atoms. The molecule has 27 heavy (non-hydrogen) atoms. The number of hydrazone groups is 1. The van der Waals surface area contributed by atoms with Gasteiger partial charge in [-0.05, 0) is 29.8 Å². The van der Waals surface area contributed by atoms with Gasteiger partial charge >= 0.3 is 5.00 Å². The number of nitrogens with zero attached hydrogens (tertiary/aromatic N) is 4. The molecule has 1 aromatic carbocycles. The summed E-state index contributed by atoms with van der Waals surface area (Å²) in [5.41, 5.74) is 3.32. The summed E-state index contributed by atoms with van der Waals surface area (Å²) < 4.78 is 1.57. The molecule has 8 nitrogen and oxygen atoms in total. The summed E-state index contributed by atoms with van der Waals surface area (Å²) in [5.74, 6) is -0.502. The van der Waals surface area contributed by atoms with Crippen LogP contribution in [0.3, 0.4) is 0 Å². The molecule has 11 heteroatoms. The Bertz CT molecular complexity index is 1030. The van der Waals surface area contributed by atoms with Crippen molar-refractivity contribution in [2.45, 2.75) is 6.54 Å². The lowest BCUT2D eigenvalue weighted by Crippen LogP contribution is -2.18. The van der Waals surface area contributed by atoms with Gasteiger partial charge < -0.3 is 0 Å². The Hall–Kier alpha value is -2.75. The number of halogens is 2. The first-order chi connectivity index (χ1) is 12.9. The summed E-state index contributed by atoms with van der Waals surface area (Å²) in [5, 5.41) is 19.6. The van der Waals surface area contributed by atoms with Crippen molar-refractivity contribution in [2.75, 3.05) is 0 Å².